The largest absolute Gasteiger partial charge is 0.291 e. The number of aryl methyl sites for hydroxylation is 1. The Labute approximate surface area is 119 Å². The molecule has 0 bridgehead atoms. The van der Waals surface area contributed by atoms with Gasteiger partial charge in [0.2, 0.25) is 0 Å². The molecule has 2 aromatic heterocycles. The number of halogens is 1. The van der Waals surface area contributed by atoms with E-state index in [-0.39, 0.29) is 0 Å². The van der Waals surface area contributed by atoms with Gasteiger partial charge in [0, 0.05) is 11.8 Å². The summed E-state index contributed by atoms with van der Waals surface area (Å²) in [6, 6.07) is 8.55. The molecule has 0 atom stereocenters. The fourth-order valence-electron chi connectivity index (χ4n) is 1.92. The summed E-state index contributed by atoms with van der Waals surface area (Å²) >= 11 is 2.27. The Kier molecular flexibility index (Phi) is 3.03. The number of aromatic nitrogens is 3. The van der Waals surface area contributed by atoms with Gasteiger partial charge in [-0.15, -0.1) is 0 Å². The number of hydrogen-bond acceptors (Lipinski definition) is 2. The first-order valence-electron chi connectivity index (χ1n) is 5.86. The molecular formula is C14H12IN3. The number of nitrogens with zero attached hydrogens (tertiary/aromatic N) is 3. The third-order valence-corrected chi connectivity index (χ3v) is 3.81. The average molecular weight is 349 g/mol. The van der Waals surface area contributed by atoms with Crippen molar-refractivity contribution in [2.45, 2.75) is 13.3 Å². The van der Waals surface area contributed by atoms with Gasteiger partial charge in [0.25, 0.3) is 0 Å². The first kappa shape index (κ1) is 11.6. The molecule has 90 valence electrons. The molecule has 0 saturated heterocycles. The normalized spacial score (nSPS) is 11.0. The smallest absolute Gasteiger partial charge is 0.156 e. The van der Waals surface area contributed by atoms with Crippen LogP contribution in [0, 0.1) is 3.70 Å². The summed E-state index contributed by atoms with van der Waals surface area (Å²) in [4.78, 5) is 8.73. The Morgan fingerprint density at radius 1 is 1.11 bits per heavy atom. The van der Waals surface area contributed by atoms with Gasteiger partial charge in [-0.3, -0.25) is 9.38 Å². The Morgan fingerprint density at radius 3 is 2.61 bits per heavy atom. The second-order valence-corrected chi connectivity index (χ2v) is 5.24. The van der Waals surface area contributed by atoms with Gasteiger partial charge in [-0.1, -0.05) is 31.2 Å². The minimum Gasteiger partial charge on any atom is -0.291 e. The Hall–Kier alpha value is -1.43. The van der Waals surface area contributed by atoms with E-state index in [1.807, 2.05) is 18.6 Å². The lowest BCUT2D eigenvalue weighted by atomic mass is 10.1. The van der Waals surface area contributed by atoms with Gasteiger partial charge in [-0.25, -0.2) is 4.98 Å². The van der Waals surface area contributed by atoms with Gasteiger partial charge in [0.1, 0.15) is 3.70 Å². The number of benzene rings is 1. The second kappa shape index (κ2) is 4.68. The SMILES string of the molecule is CCc1ccc(-c2cn3c(I)cnc3cn2)cc1. The van der Waals surface area contributed by atoms with Crippen molar-refractivity contribution in [2.75, 3.05) is 0 Å². The van der Waals surface area contributed by atoms with Crippen LogP contribution in [-0.2, 0) is 6.42 Å². The number of fused-ring (bicyclic) bond motifs is 1. The van der Waals surface area contributed by atoms with E-state index in [9.17, 15) is 0 Å². The predicted molar refractivity (Wildman–Crippen MR) is 80.5 cm³/mol. The first-order valence-corrected chi connectivity index (χ1v) is 6.93. The molecule has 4 heteroatoms. The molecule has 0 aliphatic carbocycles. The summed E-state index contributed by atoms with van der Waals surface area (Å²) in [6.45, 7) is 2.16. The number of imidazole rings is 1. The van der Waals surface area contributed by atoms with Gasteiger partial charge in [-0.2, -0.15) is 0 Å². The van der Waals surface area contributed by atoms with E-state index in [0.29, 0.717) is 0 Å². The third-order valence-electron chi connectivity index (χ3n) is 3.01. The van der Waals surface area contributed by atoms with Crippen LogP contribution in [-0.4, -0.2) is 14.4 Å². The number of rotatable bonds is 2. The Bertz CT molecular complexity index is 686. The monoisotopic (exact) mass is 349 g/mol. The zero-order chi connectivity index (χ0) is 12.5. The summed E-state index contributed by atoms with van der Waals surface area (Å²) in [5.74, 6) is 0. The van der Waals surface area contributed by atoms with Crippen LogP contribution in [0.3, 0.4) is 0 Å². The molecule has 0 saturated carbocycles. The summed E-state index contributed by atoms with van der Waals surface area (Å²) in [5, 5.41) is 0. The molecule has 0 amide bonds. The van der Waals surface area contributed by atoms with E-state index < -0.39 is 0 Å². The van der Waals surface area contributed by atoms with E-state index >= 15 is 0 Å². The van der Waals surface area contributed by atoms with Gasteiger partial charge < -0.3 is 0 Å². The summed E-state index contributed by atoms with van der Waals surface area (Å²) in [7, 11) is 0. The quantitative estimate of drug-likeness (QED) is 0.663. The van der Waals surface area contributed by atoms with E-state index in [1.165, 1.54) is 5.56 Å². The second-order valence-electron chi connectivity index (χ2n) is 4.13. The standard InChI is InChI=1S/C14H12IN3/c1-2-10-3-5-11(6-4-10)12-9-18-13(15)7-17-14(18)8-16-12/h3-9H,2H2,1H3. The van der Waals surface area contributed by atoms with Crippen LogP contribution in [0.4, 0.5) is 0 Å². The van der Waals surface area contributed by atoms with Crippen molar-refractivity contribution in [2.24, 2.45) is 0 Å². The maximum absolute atomic E-state index is 4.46. The van der Waals surface area contributed by atoms with Crippen molar-refractivity contribution in [1.82, 2.24) is 14.4 Å². The number of hydrogen-bond donors (Lipinski definition) is 0. The molecule has 3 rings (SSSR count). The van der Waals surface area contributed by atoms with Crippen molar-refractivity contribution in [3.8, 4) is 11.3 Å². The maximum Gasteiger partial charge on any atom is 0.156 e. The fourth-order valence-corrected chi connectivity index (χ4v) is 2.45. The van der Waals surface area contributed by atoms with Crippen LogP contribution in [0.5, 0.6) is 0 Å². The lowest BCUT2D eigenvalue weighted by molar-refractivity contribution is 1.10. The van der Waals surface area contributed by atoms with Crippen LogP contribution in [0.1, 0.15) is 12.5 Å². The van der Waals surface area contributed by atoms with E-state index in [4.69, 9.17) is 0 Å². The van der Waals surface area contributed by atoms with Crippen molar-refractivity contribution < 1.29 is 0 Å². The molecular weight excluding hydrogens is 337 g/mol. The third kappa shape index (κ3) is 2.01. The fraction of sp³-hybridized carbons (Fsp3) is 0.143. The van der Waals surface area contributed by atoms with Crippen molar-refractivity contribution in [3.63, 3.8) is 0 Å². The molecule has 0 aliphatic rings. The van der Waals surface area contributed by atoms with Crippen LogP contribution < -0.4 is 0 Å². The minimum absolute atomic E-state index is 0.883. The van der Waals surface area contributed by atoms with Crippen LogP contribution in [0.25, 0.3) is 16.9 Å². The zero-order valence-corrected chi connectivity index (χ0v) is 12.1. The van der Waals surface area contributed by atoms with E-state index in [0.717, 1.165) is 27.0 Å². The van der Waals surface area contributed by atoms with Crippen LogP contribution in [0.15, 0.2) is 42.9 Å². The predicted octanol–water partition coefficient (Wildman–Crippen LogP) is 3.56. The molecule has 3 nitrogen and oxygen atoms in total. The maximum atomic E-state index is 4.46. The molecule has 0 radical (unpaired) electrons. The highest BCUT2D eigenvalue weighted by Crippen LogP contribution is 2.19. The lowest BCUT2D eigenvalue weighted by Crippen LogP contribution is -1.92. The molecule has 0 aliphatic heterocycles. The van der Waals surface area contributed by atoms with Gasteiger partial charge >= 0.3 is 0 Å². The summed E-state index contributed by atoms with van der Waals surface area (Å²) in [5.41, 5.74) is 4.34. The zero-order valence-electron chi connectivity index (χ0n) is 9.97. The highest BCUT2D eigenvalue weighted by atomic mass is 127. The highest BCUT2D eigenvalue weighted by Gasteiger charge is 2.04. The van der Waals surface area contributed by atoms with Crippen molar-refractivity contribution in [3.05, 3.63) is 52.1 Å². The van der Waals surface area contributed by atoms with Crippen LogP contribution in [0.2, 0.25) is 0 Å². The first-order chi connectivity index (χ1) is 8.78. The Balaban J connectivity index is 2.09. The molecule has 18 heavy (non-hydrogen) atoms. The molecule has 0 unspecified atom stereocenters. The van der Waals surface area contributed by atoms with Gasteiger partial charge in [0.05, 0.1) is 18.1 Å². The van der Waals surface area contributed by atoms with E-state index in [2.05, 4.69) is 68.1 Å². The highest BCUT2D eigenvalue weighted by molar-refractivity contribution is 14.1. The van der Waals surface area contributed by atoms with Crippen LogP contribution >= 0.6 is 22.6 Å². The molecule has 2 heterocycles. The topological polar surface area (TPSA) is 30.2 Å². The molecule has 0 spiro atoms. The molecule has 1 aromatic carbocycles. The van der Waals surface area contributed by atoms with Gasteiger partial charge in [0.15, 0.2) is 5.65 Å². The van der Waals surface area contributed by atoms with E-state index in [1.54, 1.807) is 0 Å². The lowest BCUT2D eigenvalue weighted by Gasteiger charge is -2.03. The average Bonchev–Trinajstić information content (AvgIpc) is 2.80. The van der Waals surface area contributed by atoms with Gasteiger partial charge in [-0.05, 0) is 34.6 Å². The summed E-state index contributed by atoms with van der Waals surface area (Å²) in [6.07, 6.45) is 6.75. The van der Waals surface area contributed by atoms with Crippen molar-refractivity contribution in [1.29, 1.82) is 0 Å². The Morgan fingerprint density at radius 2 is 1.89 bits per heavy atom. The minimum atomic E-state index is 0.883. The molecule has 0 fully saturated rings. The summed E-state index contributed by atoms with van der Waals surface area (Å²) < 4.78 is 3.15. The molecule has 3 aromatic rings. The molecule has 0 N–H and O–H groups in total. The van der Waals surface area contributed by atoms with Crippen molar-refractivity contribution >= 4 is 28.2 Å².